The highest BCUT2D eigenvalue weighted by Gasteiger charge is 2.11. The number of fused-ring (bicyclic) bond motifs is 1. The number of imidazole rings is 1. The van der Waals surface area contributed by atoms with E-state index in [2.05, 4.69) is 9.97 Å². The Morgan fingerprint density at radius 2 is 2.26 bits per heavy atom. The van der Waals surface area contributed by atoms with E-state index in [0.717, 1.165) is 22.3 Å². The van der Waals surface area contributed by atoms with Crippen LogP contribution in [-0.4, -0.2) is 20.4 Å². The van der Waals surface area contributed by atoms with E-state index in [-0.39, 0.29) is 5.91 Å². The molecule has 0 amide bonds. The molecule has 19 heavy (non-hydrogen) atoms. The molecule has 3 N–H and O–H groups in total. The van der Waals surface area contributed by atoms with E-state index >= 15 is 0 Å². The summed E-state index contributed by atoms with van der Waals surface area (Å²) in [6.07, 6.45) is 3.75. The summed E-state index contributed by atoms with van der Waals surface area (Å²) in [6.45, 7) is 1.96. The lowest BCUT2D eigenvalue weighted by molar-refractivity contribution is 0.0919. The van der Waals surface area contributed by atoms with Crippen LogP contribution >= 0.6 is 0 Å². The molecular formula is C14H14N4O. The second kappa shape index (κ2) is 4.28. The summed E-state index contributed by atoms with van der Waals surface area (Å²) >= 11 is 0. The predicted molar refractivity (Wildman–Crippen MR) is 74.0 cm³/mol. The van der Waals surface area contributed by atoms with Crippen LogP contribution in [0.2, 0.25) is 0 Å². The lowest BCUT2D eigenvalue weighted by Crippen LogP contribution is -2.11. The standard InChI is InChI=1S/C14H14N4O/c1-9-4-10(7-16-9)5-14(19)18-8-17-12-6-11(15)2-3-13(12)18/h2-4,6-8,16H,5,15H2,1H3. The lowest BCUT2D eigenvalue weighted by atomic mass is 10.2. The second-order valence-electron chi connectivity index (χ2n) is 4.62. The molecule has 0 unspecified atom stereocenters. The topological polar surface area (TPSA) is 76.7 Å². The maximum absolute atomic E-state index is 12.3. The number of nitrogen functional groups attached to an aromatic ring is 1. The van der Waals surface area contributed by atoms with E-state index in [9.17, 15) is 4.79 Å². The largest absolute Gasteiger partial charge is 0.399 e. The van der Waals surface area contributed by atoms with Crippen molar-refractivity contribution in [1.29, 1.82) is 0 Å². The van der Waals surface area contributed by atoms with Gasteiger partial charge in [-0.15, -0.1) is 0 Å². The third-order valence-corrected chi connectivity index (χ3v) is 3.08. The number of hydrogen-bond acceptors (Lipinski definition) is 3. The highest BCUT2D eigenvalue weighted by atomic mass is 16.2. The molecule has 2 heterocycles. The Morgan fingerprint density at radius 1 is 1.42 bits per heavy atom. The molecule has 1 aromatic carbocycles. The Labute approximate surface area is 110 Å². The molecule has 0 atom stereocenters. The van der Waals surface area contributed by atoms with Crippen LogP contribution in [0.15, 0.2) is 36.8 Å². The first-order valence-corrected chi connectivity index (χ1v) is 6.03. The highest BCUT2D eigenvalue weighted by molar-refractivity contribution is 5.92. The van der Waals surface area contributed by atoms with Crippen LogP contribution in [-0.2, 0) is 6.42 Å². The molecule has 3 aromatic rings. The quantitative estimate of drug-likeness (QED) is 0.688. The van der Waals surface area contributed by atoms with Crippen LogP contribution < -0.4 is 5.73 Å². The van der Waals surface area contributed by atoms with Crippen LogP contribution in [0.5, 0.6) is 0 Å². The number of nitrogens with one attached hydrogen (secondary N) is 1. The minimum Gasteiger partial charge on any atom is -0.399 e. The van der Waals surface area contributed by atoms with Crippen molar-refractivity contribution in [2.45, 2.75) is 13.3 Å². The zero-order chi connectivity index (χ0) is 13.4. The highest BCUT2D eigenvalue weighted by Crippen LogP contribution is 2.16. The molecule has 0 fully saturated rings. The molecule has 3 rings (SSSR count). The van der Waals surface area contributed by atoms with E-state index in [0.29, 0.717) is 12.1 Å². The predicted octanol–water partition coefficient (Wildman–Crippen LogP) is 2.14. The molecule has 0 aliphatic carbocycles. The van der Waals surface area contributed by atoms with Gasteiger partial charge in [-0.1, -0.05) is 0 Å². The van der Waals surface area contributed by atoms with Crippen LogP contribution in [0.25, 0.3) is 11.0 Å². The van der Waals surface area contributed by atoms with Crippen molar-refractivity contribution in [2.24, 2.45) is 0 Å². The number of rotatable bonds is 2. The number of aromatic amines is 1. The summed E-state index contributed by atoms with van der Waals surface area (Å²) in [4.78, 5) is 19.5. The number of H-pyrrole nitrogens is 1. The van der Waals surface area contributed by atoms with Gasteiger partial charge in [0.15, 0.2) is 0 Å². The van der Waals surface area contributed by atoms with Gasteiger partial charge in [-0.05, 0) is 36.8 Å². The van der Waals surface area contributed by atoms with Gasteiger partial charge >= 0.3 is 0 Å². The maximum Gasteiger partial charge on any atom is 0.236 e. The number of carbonyl (C=O) groups excluding carboxylic acids is 1. The first kappa shape index (κ1) is 11.5. The number of aromatic nitrogens is 3. The first-order chi connectivity index (χ1) is 9.13. The lowest BCUT2D eigenvalue weighted by Gasteiger charge is -2.02. The van der Waals surface area contributed by atoms with Crippen LogP contribution in [0.1, 0.15) is 16.1 Å². The van der Waals surface area contributed by atoms with Gasteiger partial charge < -0.3 is 10.7 Å². The molecule has 0 saturated heterocycles. The third kappa shape index (κ3) is 2.10. The molecule has 0 saturated carbocycles. The molecule has 0 bridgehead atoms. The molecule has 0 spiro atoms. The van der Waals surface area contributed by atoms with E-state index in [1.165, 1.54) is 0 Å². The number of nitrogens with zero attached hydrogens (tertiary/aromatic N) is 2. The maximum atomic E-state index is 12.3. The van der Waals surface area contributed by atoms with Gasteiger partial charge in [0.1, 0.15) is 6.33 Å². The number of carbonyl (C=O) groups is 1. The fourth-order valence-corrected chi connectivity index (χ4v) is 2.16. The average Bonchev–Trinajstić information content (AvgIpc) is 2.95. The van der Waals surface area contributed by atoms with Crippen LogP contribution in [0.4, 0.5) is 5.69 Å². The van der Waals surface area contributed by atoms with Crippen molar-refractivity contribution in [1.82, 2.24) is 14.5 Å². The van der Waals surface area contributed by atoms with Crippen molar-refractivity contribution in [3.05, 3.63) is 48.0 Å². The van der Waals surface area contributed by atoms with E-state index in [1.807, 2.05) is 25.3 Å². The van der Waals surface area contributed by atoms with Crippen molar-refractivity contribution in [2.75, 3.05) is 5.73 Å². The fraction of sp³-hybridized carbons (Fsp3) is 0.143. The SMILES string of the molecule is Cc1cc(CC(=O)n2cnc3cc(N)ccc32)c[nH]1. The molecule has 0 radical (unpaired) electrons. The van der Waals surface area contributed by atoms with Gasteiger partial charge in [0.2, 0.25) is 5.91 Å². The number of nitrogens with two attached hydrogens (primary N) is 1. The summed E-state index contributed by atoms with van der Waals surface area (Å²) in [5, 5.41) is 0. The molecule has 5 heteroatoms. The smallest absolute Gasteiger partial charge is 0.236 e. The Bertz CT molecular complexity index is 754. The van der Waals surface area contributed by atoms with Crippen molar-refractivity contribution >= 4 is 22.6 Å². The van der Waals surface area contributed by atoms with E-state index in [4.69, 9.17) is 5.73 Å². The monoisotopic (exact) mass is 254 g/mol. The van der Waals surface area contributed by atoms with E-state index < -0.39 is 0 Å². The van der Waals surface area contributed by atoms with Gasteiger partial charge in [-0.2, -0.15) is 0 Å². The fourth-order valence-electron chi connectivity index (χ4n) is 2.16. The van der Waals surface area contributed by atoms with Gasteiger partial charge in [-0.3, -0.25) is 9.36 Å². The first-order valence-electron chi connectivity index (χ1n) is 6.03. The van der Waals surface area contributed by atoms with Crippen LogP contribution in [0.3, 0.4) is 0 Å². The van der Waals surface area contributed by atoms with Crippen molar-refractivity contribution in [3.63, 3.8) is 0 Å². The number of anilines is 1. The Kier molecular flexibility index (Phi) is 2.59. The van der Waals surface area contributed by atoms with Gasteiger partial charge in [0.25, 0.3) is 0 Å². The molecule has 96 valence electrons. The zero-order valence-corrected chi connectivity index (χ0v) is 10.6. The molecule has 5 nitrogen and oxygen atoms in total. The van der Waals surface area contributed by atoms with Crippen molar-refractivity contribution in [3.8, 4) is 0 Å². The summed E-state index contributed by atoms with van der Waals surface area (Å²) in [7, 11) is 0. The number of hydrogen-bond donors (Lipinski definition) is 2. The van der Waals surface area contributed by atoms with Gasteiger partial charge in [0, 0.05) is 17.6 Å². The average molecular weight is 254 g/mol. The van der Waals surface area contributed by atoms with E-state index in [1.54, 1.807) is 23.0 Å². The minimum absolute atomic E-state index is 0.00808. The molecule has 0 aliphatic rings. The summed E-state index contributed by atoms with van der Waals surface area (Å²) in [6, 6.07) is 7.32. The Hall–Kier alpha value is -2.56. The van der Waals surface area contributed by atoms with Crippen LogP contribution in [0, 0.1) is 6.92 Å². The molecule has 2 aromatic heterocycles. The minimum atomic E-state index is -0.00808. The summed E-state index contributed by atoms with van der Waals surface area (Å²) < 4.78 is 1.57. The van der Waals surface area contributed by atoms with Crippen molar-refractivity contribution < 1.29 is 4.79 Å². The normalized spacial score (nSPS) is 11.0. The third-order valence-electron chi connectivity index (χ3n) is 3.08. The number of aryl methyl sites for hydroxylation is 1. The summed E-state index contributed by atoms with van der Waals surface area (Å²) in [5.41, 5.74) is 9.88. The molecule has 0 aliphatic heterocycles. The number of benzene rings is 1. The van der Waals surface area contributed by atoms with Gasteiger partial charge in [-0.25, -0.2) is 4.98 Å². The Balaban J connectivity index is 1.93. The summed E-state index contributed by atoms with van der Waals surface area (Å²) in [5.74, 6) is -0.00808. The van der Waals surface area contributed by atoms with Gasteiger partial charge in [0.05, 0.1) is 17.5 Å². The second-order valence-corrected chi connectivity index (χ2v) is 4.62. The zero-order valence-electron chi connectivity index (χ0n) is 10.6. The Morgan fingerprint density at radius 3 is 3.00 bits per heavy atom. The molecular weight excluding hydrogens is 240 g/mol.